The number of nitrogens with zero attached hydrogens (tertiary/aromatic N) is 1. The maximum Gasteiger partial charge on any atom is 0.308 e. The fraction of sp³-hybridized carbons (Fsp3) is 0.333. The number of halogens is 1. The van der Waals surface area contributed by atoms with Crippen LogP contribution in [0.3, 0.4) is 0 Å². The number of hydrogen-bond donors (Lipinski definition) is 1. The second kappa shape index (κ2) is 4.97. The molecule has 6 heteroatoms. The van der Waals surface area contributed by atoms with Crippen molar-refractivity contribution < 1.29 is 19.4 Å². The first kappa shape index (κ1) is 12.9. The van der Waals surface area contributed by atoms with Crippen LogP contribution in [-0.2, 0) is 9.59 Å². The second-order valence-electron chi connectivity index (χ2n) is 4.06. The van der Waals surface area contributed by atoms with Crippen LogP contribution >= 0.6 is 15.9 Å². The lowest BCUT2D eigenvalue weighted by molar-refractivity contribution is -0.141. The molecule has 0 bridgehead atoms. The van der Waals surface area contributed by atoms with Gasteiger partial charge in [0.2, 0.25) is 5.91 Å². The Bertz CT molecular complexity index is 503. The third-order valence-electron chi connectivity index (χ3n) is 2.92. The Morgan fingerprint density at radius 3 is 2.78 bits per heavy atom. The van der Waals surface area contributed by atoms with Crippen LogP contribution in [0.2, 0.25) is 0 Å². The van der Waals surface area contributed by atoms with Crippen molar-refractivity contribution in [2.45, 2.75) is 6.42 Å². The van der Waals surface area contributed by atoms with Crippen molar-refractivity contribution >= 4 is 33.5 Å². The molecule has 1 atom stereocenters. The van der Waals surface area contributed by atoms with Gasteiger partial charge in [-0.25, -0.2) is 0 Å². The van der Waals surface area contributed by atoms with E-state index >= 15 is 0 Å². The van der Waals surface area contributed by atoms with Gasteiger partial charge in [-0.2, -0.15) is 0 Å². The van der Waals surface area contributed by atoms with Gasteiger partial charge < -0.3 is 14.7 Å². The summed E-state index contributed by atoms with van der Waals surface area (Å²) >= 11 is 3.34. The Labute approximate surface area is 112 Å². The van der Waals surface area contributed by atoms with Gasteiger partial charge in [0.15, 0.2) is 0 Å². The van der Waals surface area contributed by atoms with Crippen LogP contribution < -0.4 is 9.64 Å². The van der Waals surface area contributed by atoms with E-state index in [2.05, 4.69) is 15.9 Å². The summed E-state index contributed by atoms with van der Waals surface area (Å²) in [7, 11) is 1.56. The summed E-state index contributed by atoms with van der Waals surface area (Å²) in [5.41, 5.74) is 0.677. The average molecular weight is 314 g/mol. The highest BCUT2D eigenvalue weighted by Gasteiger charge is 2.35. The van der Waals surface area contributed by atoms with E-state index in [1.807, 2.05) is 0 Å². The van der Waals surface area contributed by atoms with Gasteiger partial charge in [0.1, 0.15) is 5.75 Å². The number of carbonyl (C=O) groups is 2. The molecule has 0 radical (unpaired) electrons. The predicted octanol–water partition coefficient (Wildman–Crippen LogP) is 1.90. The summed E-state index contributed by atoms with van der Waals surface area (Å²) in [4.78, 5) is 24.1. The molecular formula is C12H12BrNO4. The van der Waals surface area contributed by atoms with E-state index in [9.17, 15) is 9.59 Å². The lowest BCUT2D eigenvalue weighted by atomic mass is 10.1. The standard InChI is InChI=1S/C12H12BrNO4/c1-18-10-3-2-8(5-9(10)13)14-6-7(12(16)17)4-11(14)15/h2-3,5,7H,4,6H2,1H3,(H,16,17). The number of aliphatic carboxylic acids is 1. The molecule has 0 saturated carbocycles. The van der Waals surface area contributed by atoms with Crippen LogP contribution in [0.5, 0.6) is 5.75 Å². The molecule has 5 nitrogen and oxygen atoms in total. The number of rotatable bonds is 3. The normalized spacial score (nSPS) is 19.1. The summed E-state index contributed by atoms with van der Waals surface area (Å²) in [6.45, 7) is 0.215. The van der Waals surface area contributed by atoms with Crippen LogP contribution in [0.25, 0.3) is 0 Å². The van der Waals surface area contributed by atoms with Gasteiger partial charge in [0, 0.05) is 18.7 Å². The van der Waals surface area contributed by atoms with Gasteiger partial charge in [-0.3, -0.25) is 9.59 Å². The largest absolute Gasteiger partial charge is 0.496 e. The van der Waals surface area contributed by atoms with E-state index in [1.165, 1.54) is 4.90 Å². The van der Waals surface area contributed by atoms with Crippen LogP contribution in [0.15, 0.2) is 22.7 Å². The number of benzene rings is 1. The summed E-state index contributed by atoms with van der Waals surface area (Å²) in [6, 6.07) is 5.23. The molecule has 1 saturated heterocycles. The molecule has 1 heterocycles. The molecule has 1 aromatic carbocycles. The first-order chi connectivity index (χ1) is 8.52. The van der Waals surface area contributed by atoms with Gasteiger partial charge in [-0.15, -0.1) is 0 Å². The fourth-order valence-corrected chi connectivity index (χ4v) is 2.47. The van der Waals surface area contributed by atoms with Gasteiger partial charge in [-0.1, -0.05) is 0 Å². The van der Waals surface area contributed by atoms with E-state index in [4.69, 9.17) is 9.84 Å². The number of carboxylic acid groups (broad SMARTS) is 1. The van der Waals surface area contributed by atoms with Crippen molar-refractivity contribution in [3.8, 4) is 5.75 Å². The number of ether oxygens (including phenoxy) is 1. The molecule has 1 aliphatic heterocycles. The fourth-order valence-electron chi connectivity index (χ4n) is 1.95. The zero-order valence-electron chi connectivity index (χ0n) is 9.72. The van der Waals surface area contributed by atoms with Crippen molar-refractivity contribution in [2.24, 2.45) is 5.92 Å². The maximum atomic E-state index is 11.8. The third kappa shape index (κ3) is 2.33. The van der Waals surface area contributed by atoms with Crippen LogP contribution in [0.1, 0.15) is 6.42 Å². The number of hydrogen-bond acceptors (Lipinski definition) is 3. The van der Waals surface area contributed by atoms with Crippen molar-refractivity contribution in [2.75, 3.05) is 18.6 Å². The van der Waals surface area contributed by atoms with Gasteiger partial charge in [0.05, 0.1) is 17.5 Å². The average Bonchev–Trinajstić information content (AvgIpc) is 2.71. The Morgan fingerprint density at radius 1 is 1.56 bits per heavy atom. The molecule has 1 aromatic rings. The van der Waals surface area contributed by atoms with Crippen molar-refractivity contribution in [3.63, 3.8) is 0 Å². The number of carbonyl (C=O) groups excluding carboxylic acids is 1. The van der Waals surface area contributed by atoms with Gasteiger partial charge >= 0.3 is 5.97 Å². The zero-order valence-corrected chi connectivity index (χ0v) is 11.3. The summed E-state index contributed by atoms with van der Waals surface area (Å²) in [5.74, 6) is -1.06. The molecule has 18 heavy (non-hydrogen) atoms. The predicted molar refractivity (Wildman–Crippen MR) is 68.8 cm³/mol. The molecule has 0 aromatic heterocycles. The van der Waals surface area contributed by atoms with Crippen LogP contribution in [0, 0.1) is 5.92 Å². The summed E-state index contributed by atoms with van der Waals surface area (Å²) < 4.78 is 5.83. The quantitative estimate of drug-likeness (QED) is 0.925. The summed E-state index contributed by atoms with van der Waals surface area (Å²) in [5, 5.41) is 8.92. The van der Waals surface area contributed by atoms with Crippen molar-refractivity contribution in [1.29, 1.82) is 0 Å². The highest BCUT2D eigenvalue weighted by molar-refractivity contribution is 9.10. The molecule has 2 rings (SSSR count). The van der Waals surface area contributed by atoms with Crippen LogP contribution in [-0.4, -0.2) is 30.6 Å². The number of amides is 1. The molecule has 96 valence electrons. The third-order valence-corrected chi connectivity index (χ3v) is 3.54. The van der Waals surface area contributed by atoms with E-state index in [1.54, 1.807) is 25.3 Å². The topological polar surface area (TPSA) is 66.8 Å². The van der Waals surface area contributed by atoms with E-state index in [0.29, 0.717) is 11.4 Å². The Morgan fingerprint density at radius 2 is 2.28 bits per heavy atom. The highest BCUT2D eigenvalue weighted by Crippen LogP contribution is 2.32. The number of anilines is 1. The van der Waals surface area contributed by atoms with Crippen LogP contribution in [0.4, 0.5) is 5.69 Å². The molecule has 1 aliphatic rings. The Balaban J connectivity index is 2.24. The molecule has 1 amide bonds. The second-order valence-corrected chi connectivity index (χ2v) is 4.92. The minimum atomic E-state index is -0.932. The monoisotopic (exact) mass is 313 g/mol. The molecule has 1 fully saturated rings. The van der Waals surface area contributed by atoms with Gasteiger partial charge in [0.25, 0.3) is 0 Å². The maximum absolute atomic E-state index is 11.8. The van der Waals surface area contributed by atoms with E-state index in [0.717, 1.165) is 4.47 Å². The minimum absolute atomic E-state index is 0.0545. The Hall–Kier alpha value is -1.56. The number of carboxylic acids is 1. The number of methoxy groups -OCH3 is 1. The summed E-state index contributed by atoms with van der Waals surface area (Å²) in [6.07, 6.45) is 0.0545. The first-order valence-electron chi connectivity index (χ1n) is 5.39. The Kier molecular flexibility index (Phi) is 3.56. The molecule has 0 aliphatic carbocycles. The molecule has 0 spiro atoms. The van der Waals surface area contributed by atoms with Crippen molar-refractivity contribution in [3.05, 3.63) is 22.7 Å². The molecule has 1 unspecified atom stereocenters. The molecule has 1 N–H and O–H groups in total. The molecular weight excluding hydrogens is 302 g/mol. The zero-order chi connectivity index (χ0) is 13.3. The van der Waals surface area contributed by atoms with E-state index in [-0.39, 0.29) is 18.9 Å². The van der Waals surface area contributed by atoms with Gasteiger partial charge in [-0.05, 0) is 34.1 Å². The smallest absolute Gasteiger partial charge is 0.308 e. The van der Waals surface area contributed by atoms with Crippen molar-refractivity contribution in [1.82, 2.24) is 0 Å². The minimum Gasteiger partial charge on any atom is -0.496 e. The lowest BCUT2D eigenvalue weighted by Gasteiger charge is -2.17. The highest BCUT2D eigenvalue weighted by atomic mass is 79.9. The van der Waals surface area contributed by atoms with E-state index < -0.39 is 11.9 Å². The SMILES string of the molecule is COc1ccc(N2CC(C(=O)O)CC2=O)cc1Br. The first-order valence-corrected chi connectivity index (χ1v) is 6.19. The lowest BCUT2D eigenvalue weighted by Crippen LogP contribution is -2.25.